The quantitative estimate of drug-likeness (QED) is 0.590. The Balaban J connectivity index is 2.18. The number of aliphatic hydroxyl groups is 1. The summed E-state index contributed by atoms with van der Waals surface area (Å²) in [6.07, 6.45) is -2.17. The normalized spacial score (nSPS) is 46.7. The lowest BCUT2D eigenvalue weighted by Gasteiger charge is -2.38. The van der Waals surface area contributed by atoms with Gasteiger partial charge in [0.15, 0.2) is 12.1 Å². The van der Waals surface area contributed by atoms with Gasteiger partial charge in [0.25, 0.3) is 0 Å². The molecule has 16 heavy (non-hydrogen) atoms. The van der Waals surface area contributed by atoms with E-state index in [9.17, 15) is 5.11 Å². The molecule has 6 heteroatoms. The highest BCUT2D eigenvalue weighted by molar-refractivity contribution is 14.1. The molecule has 0 spiro atoms. The third-order valence-electron chi connectivity index (χ3n) is 2.84. The largest absolute Gasteiger partial charge is 0.388 e. The number of hydrogen-bond acceptors (Lipinski definition) is 5. The van der Waals surface area contributed by atoms with E-state index in [1.807, 2.05) is 13.8 Å². The van der Waals surface area contributed by atoms with Crippen molar-refractivity contribution in [2.45, 2.75) is 50.3 Å². The fraction of sp³-hybridized carbons (Fsp3) is 1.00. The van der Waals surface area contributed by atoms with Gasteiger partial charge in [-0.15, -0.1) is 0 Å². The fourth-order valence-electron chi connectivity index (χ4n) is 2.15. The molecule has 2 aliphatic heterocycles. The summed E-state index contributed by atoms with van der Waals surface area (Å²) in [4.78, 5) is 0. The summed E-state index contributed by atoms with van der Waals surface area (Å²) in [7, 11) is 1.57. The molecule has 2 rings (SSSR count). The highest BCUT2D eigenvalue weighted by Crippen LogP contribution is 2.37. The van der Waals surface area contributed by atoms with E-state index in [1.165, 1.54) is 0 Å². The second kappa shape index (κ2) is 4.66. The molecule has 0 aromatic rings. The zero-order chi connectivity index (χ0) is 11.9. The average Bonchev–Trinajstić information content (AvgIpc) is 2.55. The van der Waals surface area contributed by atoms with E-state index >= 15 is 0 Å². The Kier molecular flexibility index (Phi) is 3.78. The Morgan fingerprint density at radius 2 is 1.94 bits per heavy atom. The maximum Gasteiger partial charge on any atom is 0.186 e. The summed E-state index contributed by atoms with van der Waals surface area (Å²) in [5.41, 5.74) is 0. The van der Waals surface area contributed by atoms with Gasteiger partial charge >= 0.3 is 0 Å². The minimum atomic E-state index is -0.698. The Bertz CT molecular complexity index is 260. The van der Waals surface area contributed by atoms with Gasteiger partial charge in [0.05, 0.1) is 6.10 Å². The molecule has 0 aromatic heterocycles. The molecule has 0 aromatic carbocycles. The number of halogens is 1. The maximum atomic E-state index is 10.1. The Morgan fingerprint density at radius 1 is 1.31 bits per heavy atom. The van der Waals surface area contributed by atoms with Crippen LogP contribution in [0.5, 0.6) is 0 Å². The standard InChI is InChI=1S/C10H17IO5/c1-10(2)15-7-6(12)5(4-11)14-9(13-3)8(7)16-10/h5-9,12H,4H2,1-3H3/t5-,6-,7-,8-,9-/m1/s1. The Labute approximate surface area is 109 Å². The second-order valence-corrected chi connectivity index (χ2v) is 5.37. The average molecular weight is 344 g/mol. The molecule has 5 atom stereocenters. The molecule has 0 saturated carbocycles. The molecule has 0 bridgehead atoms. The van der Waals surface area contributed by atoms with Gasteiger partial charge in [0, 0.05) is 11.5 Å². The fourth-order valence-corrected chi connectivity index (χ4v) is 2.88. The van der Waals surface area contributed by atoms with Crippen LogP contribution < -0.4 is 0 Å². The topological polar surface area (TPSA) is 57.2 Å². The zero-order valence-corrected chi connectivity index (χ0v) is 11.7. The summed E-state index contributed by atoms with van der Waals surface area (Å²) >= 11 is 2.17. The van der Waals surface area contributed by atoms with E-state index in [2.05, 4.69) is 22.6 Å². The van der Waals surface area contributed by atoms with Crippen LogP contribution in [-0.2, 0) is 18.9 Å². The minimum Gasteiger partial charge on any atom is -0.388 e. The SMILES string of the molecule is CO[C@@H]1O[C@H](CI)[C@@H](O)[C@H]2OC(C)(C)O[C@@H]12. The summed E-state index contributed by atoms with van der Waals surface area (Å²) in [6.45, 7) is 3.65. The number of fused-ring (bicyclic) bond motifs is 1. The maximum absolute atomic E-state index is 10.1. The van der Waals surface area contributed by atoms with Crippen LogP contribution in [0.25, 0.3) is 0 Å². The highest BCUT2D eigenvalue weighted by atomic mass is 127. The number of ether oxygens (including phenoxy) is 4. The molecule has 94 valence electrons. The molecule has 2 aliphatic rings. The minimum absolute atomic E-state index is 0.274. The number of hydrogen-bond donors (Lipinski definition) is 1. The number of aliphatic hydroxyl groups excluding tert-OH is 1. The van der Waals surface area contributed by atoms with Gasteiger partial charge in [0.2, 0.25) is 0 Å². The van der Waals surface area contributed by atoms with Crippen molar-refractivity contribution < 1.29 is 24.1 Å². The van der Waals surface area contributed by atoms with Crippen molar-refractivity contribution in [3.8, 4) is 0 Å². The van der Waals surface area contributed by atoms with Crippen LogP contribution in [0.3, 0.4) is 0 Å². The number of rotatable bonds is 2. The van der Waals surface area contributed by atoms with Gasteiger partial charge in [-0.3, -0.25) is 0 Å². The van der Waals surface area contributed by atoms with E-state index in [1.54, 1.807) is 7.11 Å². The third-order valence-corrected chi connectivity index (χ3v) is 3.71. The predicted octanol–water partition coefficient (Wildman–Crippen LogP) is 0.674. The van der Waals surface area contributed by atoms with Crippen LogP contribution >= 0.6 is 22.6 Å². The molecule has 0 radical (unpaired) electrons. The lowest BCUT2D eigenvalue weighted by atomic mass is 10.0. The smallest absolute Gasteiger partial charge is 0.186 e. The van der Waals surface area contributed by atoms with Gasteiger partial charge in [-0.2, -0.15) is 0 Å². The van der Waals surface area contributed by atoms with Crippen LogP contribution in [0.2, 0.25) is 0 Å². The van der Waals surface area contributed by atoms with Crippen molar-refractivity contribution in [1.82, 2.24) is 0 Å². The lowest BCUT2D eigenvalue weighted by Crippen LogP contribution is -2.57. The monoisotopic (exact) mass is 344 g/mol. The van der Waals surface area contributed by atoms with Crippen molar-refractivity contribution in [3.05, 3.63) is 0 Å². The highest BCUT2D eigenvalue weighted by Gasteiger charge is 2.54. The summed E-state index contributed by atoms with van der Waals surface area (Å²) in [5, 5.41) is 10.1. The van der Waals surface area contributed by atoms with Crippen LogP contribution in [0.4, 0.5) is 0 Å². The first-order valence-electron chi connectivity index (χ1n) is 5.26. The van der Waals surface area contributed by atoms with E-state index in [4.69, 9.17) is 18.9 Å². The molecule has 1 N–H and O–H groups in total. The molecule has 0 unspecified atom stereocenters. The van der Waals surface area contributed by atoms with Gasteiger partial charge in [-0.05, 0) is 13.8 Å². The number of alkyl halides is 1. The second-order valence-electron chi connectivity index (χ2n) is 4.49. The van der Waals surface area contributed by atoms with Crippen molar-refractivity contribution in [3.63, 3.8) is 0 Å². The van der Waals surface area contributed by atoms with Crippen LogP contribution in [0.1, 0.15) is 13.8 Å². The van der Waals surface area contributed by atoms with Crippen LogP contribution in [0.15, 0.2) is 0 Å². The van der Waals surface area contributed by atoms with Gasteiger partial charge in [-0.1, -0.05) is 22.6 Å². The first kappa shape index (κ1) is 13.0. The van der Waals surface area contributed by atoms with E-state index in [0.717, 1.165) is 0 Å². The number of methoxy groups -OCH3 is 1. The van der Waals surface area contributed by atoms with E-state index in [-0.39, 0.29) is 18.3 Å². The first-order chi connectivity index (χ1) is 7.48. The van der Waals surface area contributed by atoms with Gasteiger partial charge in [-0.25, -0.2) is 0 Å². The summed E-state index contributed by atoms with van der Waals surface area (Å²) < 4.78 is 22.9. The van der Waals surface area contributed by atoms with Gasteiger partial charge < -0.3 is 24.1 Å². The van der Waals surface area contributed by atoms with Gasteiger partial charge in [0.1, 0.15) is 18.3 Å². The van der Waals surface area contributed by atoms with E-state index in [0.29, 0.717) is 4.43 Å². The molecule has 0 amide bonds. The van der Waals surface area contributed by atoms with Crippen molar-refractivity contribution in [2.75, 3.05) is 11.5 Å². The zero-order valence-electron chi connectivity index (χ0n) is 9.55. The van der Waals surface area contributed by atoms with Crippen molar-refractivity contribution >= 4 is 22.6 Å². The molecule has 2 saturated heterocycles. The third kappa shape index (κ3) is 2.23. The first-order valence-corrected chi connectivity index (χ1v) is 6.79. The molecular weight excluding hydrogens is 327 g/mol. The Morgan fingerprint density at radius 3 is 2.50 bits per heavy atom. The molecular formula is C10H17IO5. The summed E-state index contributed by atoms with van der Waals surface area (Å²) in [5.74, 6) is -0.698. The Hall–Kier alpha value is 0.530. The predicted molar refractivity (Wildman–Crippen MR) is 64.4 cm³/mol. The molecule has 2 fully saturated rings. The van der Waals surface area contributed by atoms with Crippen molar-refractivity contribution in [2.24, 2.45) is 0 Å². The summed E-state index contributed by atoms with van der Waals surface area (Å²) in [6, 6.07) is 0. The molecule has 0 aliphatic carbocycles. The van der Waals surface area contributed by atoms with Crippen LogP contribution in [0, 0.1) is 0 Å². The lowest BCUT2D eigenvalue weighted by molar-refractivity contribution is -0.261. The van der Waals surface area contributed by atoms with E-state index < -0.39 is 18.2 Å². The molecule has 5 nitrogen and oxygen atoms in total. The van der Waals surface area contributed by atoms with Crippen LogP contribution in [-0.4, -0.2) is 53.1 Å². The molecule has 2 heterocycles. The van der Waals surface area contributed by atoms with Crippen molar-refractivity contribution in [1.29, 1.82) is 0 Å².